The molecule has 5 heteroatoms. The number of nitrogens with zero attached hydrogens (tertiary/aromatic N) is 1. The lowest BCUT2D eigenvalue weighted by atomic mass is 10.1. The predicted molar refractivity (Wildman–Crippen MR) is 104 cm³/mol. The fourth-order valence-corrected chi connectivity index (χ4v) is 2.45. The third kappa shape index (κ3) is 5.21. The molecule has 0 aromatic heterocycles. The van der Waals surface area contributed by atoms with Crippen LogP contribution in [-0.2, 0) is 9.59 Å². The summed E-state index contributed by atoms with van der Waals surface area (Å²) >= 11 is 0. The Morgan fingerprint density at radius 1 is 1.15 bits per heavy atom. The van der Waals surface area contributed by atoms with Crippen molar-refractivity contribution in [3.63, 3.8) is 0 Å². The maximum absolute atomic E-state index is 12.2. The van der Waals surface area contributed by atoms with E-state index in [0.29, 0.717) is 5.75 Å². The number of hydrogen-bond donors (Lipinski definition) is 1. The monoisotopic (exact) mass is 352 g/mol. The SMILES string of the molecule is COc1ccccc1/C=C/C(=O)N(C)CC(=O)Nc1cc(C)ccc1C. The van der Waals surface area contributed by atoms with Crippen LogP contribution in [0, 0.1) is 13.8 Å². The summed E-state index contributed by atoms with van der Waals surface area (Å²) in [6.07, 6.45) is 3.11. The molecule has 0 radical (unpaired) electrons. The summed E-state index contributed by atoms with van der Waals surface area (Å²) in [7, 11) is 3.18. The number of rotatable bonds is 6. The van der Waals surface area contributed by atoms with E-state index in [0.717, 1.165) is 22.4 Å². The fraction of sp³-hybridized carbons (Fsp3) is 0.238. The largest absolute Gasteiger partial charge is 0.496 e. The van der Waals surface area contributed by atoms with Crippen molar-refractivity contribution >= 4 is 23.6 Å². The molecule has 2 aromatic carbocycles. The lowest BCUT2D eigenvalue weighted by molar-refractivity contribution is -0.129. The molecule has 0 bridgehead atoms. The van der Waals surface area contributed by atoms with Crippen molar-refractivity contribution in [2.75, 3.05) is 26.0 Å². The average molecular weight is 352 g/mol. The van der Waals surface area contributed by atoms with Gasteiger partial charge in [-0.15, -0.1) is 0 Å². The van der Waals surface area contributed by atoms with Gasteiger partial charge in [-0.25, -0.2) is 0 Å². The zero-order chi connectivity index (χ0) is 19.1. The summed E-state index contributed by atoms with van der Waals surface area (Å²) in [4.78, 5) is 25.8. The molecule has 0 saturated carbocycles. The fourth-order valence-electron chi connectivity index (χ4n) is 2.45. The van der Waals surface area contributed by atoms with Gasteiger partial charge in [-0.05, 0) is 43.2 Å². The molecule has 2 rings (SSSR count). The highest BCUT2D eigenvalue weighted by atomic mass is 16.5. The first kappa shape index (κ1) is 19.2. The van der Waals surface area contributed by atoms with Gasteiger partial charge < -0.3 is 15.0 Å². The second-order valence-electron chi connectivity index (χ2n) is 6.14. The molecule has 0 heterocycles. The number of anilines is 1. The van der Waals surface area contributed by atoms with Gasteiger partial charge in [0.15, 0.2) is 0 Å². The van der Waals surface area contributed by atoms with E-state index in [1.165, 1.54) is 11.0 Å². The Labute approximate surface area is 154 Å². The Bertz CT molecular complexity index is 828. The van der Waals surface area contributed by atoms with E-state index in [2.05, 4.69) is 5.32 Å². The molecule has 2 aromatic rings. The van der Waals surface area contributed by atoms with Crippen LogP contribution in [0.5, 0.6) is 5.75 Å². The Morgan fingerprint density at radius 3 is 2.62 bits per heavy atom. The van der Waals surface area contributed by atoms with Gasteiger partial charge in [0, 0.05) is 24.4 Å². The molecule has 26 heavy (non-hydrogen) atoms. The van der Waals surface area contributed by atoms with Gasteiger partial charge in [0.2, 0.25) is 11.8 Å². The second-order valence-corrected chi connectivity index (χ2v) is 6.14. The summed E-state index contributed by atoms with van der Waals surface area (Å²) in [6.45, 7) is 3.87. The molecule has 0 aliphatic heterocycles. The number of nitrogens with one attached hydrogen (secondary N) is 1. The van der Waals surface area contributed by atoms with Crippen LogP contribution in [0.1, 0.15) is 16.7 Å². The first-order valence-electron chi connectivity index (χ1n) is 8.34. The highest BCUT2D eigenvalue weighted by molar-refractivity contribution is 5.98. The van der Waals surface area contributed by atoms with E-state index in [9.17, 15) is 9.59 Å². The molecule has 5 nitrogen and oxygen atoms in total. The summed E-state index contributed by atoms with van der Waals surface area (Å²) in [5.74, 6) is 0.194. The predicted octanol–water partition coefficient (Wildman–Crippen LogP) is 3.42. The van der Waals surface area contributed by atoms with E-state index >= 15 is 0 Å². The van der Waals surface area contributed by atoms with Gasteiger partial charge >= 0.3 is 0 Å². The Balaban J connectivity index is 1.97. The van der Waals surface area contributed by atoms with Crippen molar-refractivity contribution in [3.8, 4) is 5.75 Å². The number of carbonyl (C=O) groups excluding carboxylic acids is 2. The van der Waals surface area contributed by atoms with Crippen LogP contribution in [-0.4, -0.2) is 37.4 Å². The summed E-state index contributed by atoms with van der Waals surface area (Å²) in [6, 6.07) is 13.3. The van der Waals surface area contributed by atoms with Crippen molar-refractivity contribution in [2.24, 2.45) is 0 Å². The van der Waals surface area contributed by atoms with E-state index in [4.69, 9.17) is 4.74 Å². The van der Waals surface area contributed by atoms with Crippen LogP contribution >= 0.6 is 0 Å². The molecule has 2 amide bonds. The second kappa shape index (κ2) is 8.85. The quantitative estimate of drug-likeness (QED) is 0.811. The lowest BCUT2D eigenvalue weighted by Gasteiger charge is -2.16. The number of methoxy groups -OCH3 is 1. The van der Waals surface area contributed by atoms with E-state index in [-0.39, 0.29) is 18.4 Å². The topological polar surface area (TPSA) is 58.6 Å². The first-order valence-corrected chi connectivity index (χ1v) is 8.34. The maximum atomic E-state index is 12.2. The minimum atomic E-state index is -0.257. The summed E-state index contributed by atoms with van der Waals surface area (Å²) in [5.41, 5.74) is 3.61. The van der Waals surface area contributed by atoms with Crippen LogP contribution in [0.15, 0.2) is 48.5 Å². The molecule has 0 spiro atoms. The molecule has 0 aliphatic rings. The van der Waals surface area contributed by atoms with Crippen LogP contribution in [0.3, 0.4) is 0 Å². The highest BCUT2D eigenvalue weighted by Crippen LogP contribution is 2.19. The zero-order valence-corrected chi connectivity index (χ0v) is 15.6. The lowest BCUT2D eigenvalue weighted by Crippen LogP contribution is -2.34. The van der Waals surface area contributed by atoms with Gasteiger partial charge in [0.1, 0.15) is 5.75 Å². The van der Waals surface area contributed by atoms with Gasteiger partial charge in [0.05, 0.1) is 13.7 Å². The van der Waals surface area contributed by atoms with E-state index in [1.807, 2.05) is 56.3 Å². The van der Waals surface area contributed by atoms with Crippen LogP contribution in [0.25, 0.3) is 6.08 Å². The molecule has 1 N–H and O–H groups in total. The van der Waals surface area contributed by atoms with E-state index < -0.39 is 0 Å². The molecule has 0 saturated heterocycles. The number of hydrogen-bond acceptors (Lipinski definition) is 3. The highest BCUT2D eigenvalue weighted by Gasteiger charge is 2.12. The molecular formula is C21H24N2O3. The number of benzene rings is 2. The Kier molecular flexibility index (Phi) is 6.55. The summed E-state index contributed by atoms with van der Waals surface area (Å²) in [5, 5.41) is 2.85. The van der Waals surface area contributed by atoms with Gasteiger partial charge in [-0.1, -0.05) is 30.3 Å². The van der Waals surface area contributed by atoms with Gasteiger partial charge in [-0.3, -0.25) is 9.59 Å². The minimum Gasteiger partial charge on any atom is -0.496 e. The minimum absolute atomic E-state index is 0.0253. The number of amides is 2. The standard InChI is InChI=1S/C21H24N2O3/c1-15-9-10-16(2)18(13-15)22-20(24)14-23(3)21(25)12-11-17-7-5-6-8-19(17)26-4/h5-13H,14H2,1-4H3,(H,22,24)/b12-11+. The van der Waals surface area contributed by atoms with Crippen molar-refractivity contribution < 1.29 is 14.3 Å². The number of aryl methyl sites for hydroxylation is 2. The van der Waals surface area contributed by atoms with E-state index in [1.54, 1.807) is 20.2 Å². The molecule has 136 valence electrons. The first-order chi connectivity index (χ1) is 12.4. The number of ether oxygens (including phenoxy) is 1. The molecule has 0 atom stereocenters. The smallest absolute Gasteiger partial charge is 0.246 e. The molecular weight excluding hydrogens is 328 g/mol. The third-order valence-electron chi connectivity index (χ3n) is 3.97. The average Bonchev–Trinajstić information content (AvgIpc) is 2.62. The van der Waals surface area contributed by atoms with Crippen molar-refractivity contribution in [1.82, 2.24) is 4.90 Å². The van der Waals surface area contributed by atoms with Crippen LogP contribution < -0.4 is 10.1 Å². The Hall–Kier alpha value is -3.08. The molecule has 0 fully saturated rings. The van der Waals surface area contributed by atoms with Crippen molar-refractivity contribution in [1.29, 1.82) is 0 Å². The van der Waals surface area contributed by atoms with Crippen LogP contribution in [0.4, 0.5) is 5.69 Å². The number of para-hydroxylation sites is 1. The number of likely N-dealkylation sites (N-methyl/N-ethyl adjacent to an activating group) is 1. The van der Waals surface area contributed by atoms with Crippen molar-refractivity contribution in [2.45, 2.75) is 13.8 Å². The zero-order valence-electron chi connectivity index (χ0n) is 15.6. The third-order valence-corrected chi connectivity index (χ3v) is 3.97. The normalized spacial score (nSPS) is 10.6. The molecule has 0 unspecified atom stereocenters. The summed E-state index contributed by atoms with van der Waals surface area (Å²) < 4.78 is 5.25. The van der Waals surface area contributed by atoms with Crippen molar-refractivity contribution in [3.05, 3.63) is 65.2 Å². The maximum Gasteiger partial charge on any atom is 0.246 e. The Morgan fingerprint density at radius 2 is 1.88 bits per heavy atom. The number of carbonyl (C=O) groups is 2. The van der Waals surface area contributed by atoms with Crippen LogP contribution in [0.2, 0.25) is 0 Å². The molecule has 0 aliphatic carbocycles. The van der Waals surface area contributed by atoms with Gasteiger partial charge in [-0.2, -0.15) is 0 Å². The van der Waals surface area contributed by atoms with Gasteiger partial charge in [0.25, 0.3) is 0 Å².